The first kappa shape index (κ1) is 24.2. The van der Waals surface area contributed by atoms with E-state index in [0.717, 1.165) is 24.9 Å². The quantitative estimate of drug-likeness (QED) is 0.644. The van der Waals surface area contributed by atoms with E-state index in [9.17, 15) is 9.59 Å². The summed E-state index contributed by atoms with van der Waals surface area (Å²) in [7, 11) is 2.30. The Balaban J connectivity index is 0.000000297. The van der Waals surface area contributed by atoms with Crippen molar-refractivity contribution in [3.63, 3.8) is 0 Å². The molecule has 1 aliphatic carbocycles. The molecule has 0 radical (unpaired) electrons. The molecule has 2 heterocycles. The Bertz CT molecular complexity index is 971. The molecule has 2 N–H and O–H groups in total. The summed E-state index contributed by atoms with van der Waals surface area (Å²) in [4.78, 5) is 21.7. The monoisotopic (exact) mass is 463 g/mol. The molecule has 5 rings (SSSR count). The first-order chi connectivity index (χ1) is 16.4. The van der Waals surface area contributed by atoms with Crippen molar-refractivity contribution in [3.05, 3.63) is 82.9 Å². The summed E-state index contributed by atoms with van der Waals surface area (Å²) >= 11 is 0. The lowest BCUT2D eigenvalue weighted by atomic mass is 9.86. The molecule has 2 aromatic rings. The van der Waals surface area contributed by atoms with Crippen LogP contribution in [0.5, 0.6) is 0 Å². The van der Waals surface area contributed by atoms with Crippen LogP contribution < -0.4 is 0 Å². The van der Waals surface area contributed by atoms with E-state index in [1.54, 1.807) is 0 Å². The number of aryl methyl sites for hydroxylation is 2. The average molecular weight is 464 g/mol. The number of rotatable bonds is 4. The van der Waals surface area contributed by atoms with Gasteiger partial charge in [-0.3, -0.25) is 0 Å². The first-order valence-corrected chi connectivity index (χ1v) is 12.1. The Kier molecular flexibility index (Phi) is 7.80. The number of hydrogen-bond acceptors (Lipinski definition) is 4. The molecule has 0 spiro atoms. The lowest BCUT2D eigenvalue weighted by molar-refractivity contribution is -0.134. The van der Waals surface area contributed by atoms with E-state index in [-0.39, 0.29) is 6.10 Å². The minimum Gasteiger partial charge on any atom is -0.478 e. The van der Waals surface area contributed by atoms with Gasteiger partial charge >= 0.3 is 11.9 Å². The van der Waals surface area contributed by atoms with Gasteiger partial charge in [0.1, 0.15) is 6.10 Å². The molecule has 6 nitrogen and oxygen atoms in total. The molecule has 3 aliphatic rings. The Hall–Kier alpha value is -2.96. The normalized spacial score (nSPS) is 24.3. The summed E-state index contributed by atoms with van der Waals surface area (Å²) < 4.78 is 6.92. The van der Waals surface area contributed by atoms with Crippen molar-refractivity contribution in [2.45, 2.75) is 69.2 Å². The van der Waals surface area contributed by atoms with E-state index >= 15 is 0 Å². The average Bonchev–Trinajstić information content (AvgIpc) is 3.02. The Labute approximate surface area is 200 Å². The third-order valence-electron chi connectivity index (χ3n) is 7.32. The molecule has 0 aromatic heterocycles. The van der Waals surface area contributed by atoms with Crippen LogP contribution in [-0.2, 0) is 27.2 Å². The van der Waals surface area contributed by atoms with Crippen molar-refractivity contribution in [1.29, 1.82) is 0 Å². The Morgan fingerprint density at radius 3 is 1.79 bits per heavy atom. The maximum absolute atomic E-state index is 9.55. The van der Waals surface area contributed by atoms with Gasteiger partial charge < -0.3 is 19.8 Å². The fourth-order valence-electron chi connectivity index (χ4n) is 5.63. The molecule has 34 heavy (non-hydrogen) atoms. The minimum absolute atomic E-state index is 0.0931. The Morgan fingerprint density at radius 1 is 0.853 bits per heavy atom. The van der Waals surface area contributed by atoms with Crippen LogP contribution in [0.1, 0.15) is 60.5 Å². The number of benzene rings is 2. The fourth-order valence-corrected chi connectivity index (χ4v) is 5.63. The third-order valence-corrected chi connectivity index (χ3v) is 7.32. The molecule has 2 aliphatic heterocycles. The van der Waals surface area contributed by atoms with Gasteiger partial charge in [0.15, 0.2) is 0 Å². The highest BCUT2D eigenvalue weighted by Gasteiger charge is 2.40. The summed E-state index contributed by atoms with van der Waals surface area (Å²) in [6.45, 7) is 0. The molecule has 3 atom stereocenters. The van der Waals surface area contributed by atoms with Crippen LogP contribution in [0, 0.1) is 0 Å². The van der Waals surface area contributed by atoms with Crippen LogP contribution in [0.15, 0.2) is 60.7 Å². The number of fused-ring (bicyclic) bond motifs is 4. The molecule has 6 heteroatoms. The van der Waals surface area contributed by atoms with E-state index in [2.05, 4.69) is 60.5 Å². The number of carboxylic acid groups (broad SMARTS) is 2. The molecule has 180 valence electrons. The summed E-state index contributed by atoms with van der Waals surface area (Å²) in [5.41, 5.74) is 5.74. The summed E-state index contributed by atoms with van der Waals surface area (Å²) in [5.74, 6) is -2.51. The van der Waals surface area contributed by atoms with E-state index in [1.807, 2.05) is 0 Å². The second-order valence-electron chi connectivity index (χ2n) is 9.42. The van der Waals surface area contributed by atoms with Crippen molar-refractivity contribution >= 4 is 11.9 Å². The van der Waals surface area contributed by atoms with Gasteiger partial charge in [0.2, 0.25) is 0 Å². The summed E-state index contributed by atoms with van der Waals surface area (Å²) in [5, 5.41) is 15.6. The van der Waals surface area contributed by atoms with E-state index in [1.165, 1.54) is 54.4 Å². The zero-order valence-corrected chi connectivity index (χ0v) is 19.6. The lowest BCUT2D eigenvalue weighted by Crippen LogP contribution is -2.43. The van der Waals surface area contributed by atoms with E-state index in [4.69, 9.17) is 14.9 Å². The standard InChI is InChI=1S/C24H29NO.C4H4O4/c1-25-19-13-14-20(25)16-21(15-19)26-24-22-11-4-2-7-17(22)9-6-10-18-8-3-5-12-23(18)24;5-3(6)1-2-4(7)8/h2-5,7-8,11-12,19-21,24H,6,9-10,13-16H2,1H3;1-2H,(H,5,6)(H,7,8)/b;2-1+/t19-,20+,21?;. The summed E-state index contributed by atoms with van der Waals surface area (Å²) in [6.07, 6.45) is 10.2. The predicted molar refractivity (Wildman–Crippen MR) is 130 cm³/mol. The van der Waals surface area contributed by atoms with Crippen LogP contribution in [0.4, 0.5) is 0 Å². The van der Waals surface area contributed by atoms with Crippen LogP contribution in [0.25, 0.3) is 0 Å². The van der Waals surface area contributed by atoms with Crippen molar-refractivity contribution in [3.8, 4) is 0 Å². The number of carbonyl (C=O) groups is 2. The van der Waals surface area contributed by atoms with Crippen LogP contribution in [0.3, 0.4) is 0 Å². The first-order valence-electron chi connectivity index (χ1n) is 12.1. The molecule has 2 aromatic carbocycles. The van der Waals surface area contributed by atoms with E-state index < -0.39 is 11.9 Å². The molecule has 2 saturated heterocycles. The molecule has 2 bridgehead atoms. The van der Waals surface area contributed by atoms with Crippen molar-refractivity contribution in [2.24, 2.45) is 0 Å². The predicted octanol–water partition coefficient (Wildman–Crippen LogP) is 4.62. The maximum Gasteiger partial charge on any atom is 0.328 e. The van der Waals surface area contributed by atoms with Gasteiger partial charge in [0.05, 0.1) is 6.10 Å². The zero-order valence-electron chi connectivity index (χ0n) is 19.6. The molecular formula is C28H33NO5. The second kappa shape index (κ2) is 11.0. The fraction of sp³-hybridized carbons (Fsp3) is 0.429. The highest BCUT2D eigenvalue weighted by molar-refractivity contribution is 5.89. The Morgan fingerprint density at radius 2 is 1.32 bits per heavy atom. The summed E-state index contributed by atoms with van der Waals surface area (Å²) in [6, 6.07) is 19.4. The molecule has 0 saturated carbocycles. The van der Waals surface area contributed by atoms with Gasteiger partial charge in [0, 0.05) is 24.2 Å². The van der Waals surface area contributed by atoms with Gasteiger partial charge in [-0.15, -0.1) is 0 Å². The highest BCUT2D eigenvalue weighted by atomic mass is 16.5. The van der Waals surface area contributed by atoms with Gasteiger partial charge in [-0.25, -0.2) is 9.59 Å². The smallest absolute Gasteiger partial charge is 0.328 e. The number of hydrogen-bond donors (Lipinski definition) is 2. The number of nitrogens with zero attached hydrogens (tertiary/aromatic N) is 1. The lowest BCUT2D eigenvalue weighted by Gasteiger charge is -2.38. The molecule has 1 unspecified atom stereocenters. The van der Waals surface area contributed by atoms with Crippen molar-refractivity contribution in [1.82, 2.24) is 4.90 Å². The van der Waals surface area contributed by atoms with Crippen molar-refractivity contribution in [2.75, 3.05) is 7.05 Å². The van der Waals surface area contributed by atoms with Gasteiger partial charge in [-0.2, -0.15) is 0 Å². The van der Waals surface area contributed by atoms with E-state index in [0.29, 0.717) is 18.3 Å². The van der Waals surface area contributed by atoms with Crippen molar-refractivity contribution < 1.29 is 24.5 Å². The third kappa shape index (κ3) is 5.75. The number of carboxylic acids is 2. The van der Waals surface area contributed by atoms with Crippen LogP contribution >= 0.6 is 0 Å². The number of aliphatic carboxylic acids is 2. The zero-order chi connectivity index (χ0) is 24.1. The number of ether oxygens (including phenoxy) is 1. The highest BCUT2D eigenvalue weighted by Crippen LogP contribution is 2.40. The van der Waals surface area contributed by atoms with Gasteiger partial charge in [-0.05, 0) is 74.2 Å². The van der Waals surface area contributed by atoms with Gasteiger partial charge in [0.25, 0.3) is 0 Å². The molecule has 0 amide bonds. The van der Waals surface area contributed by atoms with Gasteiger partial charge in [-0.1, -0.05) is 48.5 Å². The second-order valence-corrected chi connectivity index (χ2v) is 9.42. The maximum atomic E-state index is 9.55. The minimum atomic E-state index is -1.26. The van der Waals surface area contributed by atoms with Crippen LogP contribution in [0.2, 0.25) is 0 Å². The largest absolute Gasteiger partial charge is 0.478 e. The topological polar surface area (TPSA) is 87.1 Å². The van der Waals surface area contributed by atoms with Crippen LogP contribution in [-0.4, -0.2) is 52.3 Å². The molecule has 2 fully saturated rings. The number of piperidine rings is 1. The SMILES string of the molecule is CN1[C@@H]2CC[C@H]1CC(OC1c3ccccc3CCCc3ccccc31)C2.O=C(O)/C=C/C(=O)O. The molecular weight excluding hydrogens is 430 g/mol.